The highest BCUT2D eigenvalue weighted by molar-refractivity contribution is 5.00. The number of nitrogens with two attached hydrogens (primary N) is 1. The van der Waals surface area contributed by atoms with Crippen LogP contribution >= 0.6 is 0 Å². The summed E-state index contributed by atoms with van der Waals surface area (Å²) >= 11 is 0. The van der Waals surface area contributed by atoms with Crippen molar-refractivity contribution in [2.75, 3.05) is 14.1 Å². The number of hydrogen-bond acceptors (Lipinski definition) is 2. The van der Waals surface area contributed by atoms with Crippen molar-refractivity contribution in [3.8, 4) is 0 Å². The fraction of sp³-hybridized carbons (Fsp3) is 1.00. The van der Waals surface area contributed by atoms with Gasteiger partial charge in [-0.05, 0) is 33.4 Å². The van der Waals surface area contributed by atoms with Crippen molar-refractivity contribution in [3.05, 3.63) is 0 Å². The van der Waals surface area contributed by atoms with E-state index < -0.39 is 0 Å². The van der Waals surface area contributed by atoms with E-state index >= 15 is 0 Å². The Balaban J connectivity index is 2.31. The van der Waals surface area contributed by atoms with E-state index in [0.29, 0.717) is 11.6 Å². The molecule has 0 aromatic rings. The van der Waals surface area contributed by atoms with Crippen molar-refractivity contribution in [2.45, 2.75) is 82.7 Å². The Hall–Kier alpha value is -0.0800. The molecule has 17 heavy (non-hydrogen) atoms. The minimum absolute atomic E-state index is 0.310. The second-order valence-corrected chi connectivity index (χ2v) is 6.01. The summed E-state index contributed by atoms with van der Waals surface area (Å²) in [7, 11) is 4.42. The zero-order valence-electron chi connectivity index (χ0n) is 12.2. The first-order valence-corrected chi connectivity index (χ1v) is 7.56. The molecule has 1 rings (SSSR count). The molecule has 102 valence electrons. The minimum Gasteiger partial charge on any atom is -0.326 e. The van der Waals surface area contributed by atoms with Crippen molar-refractivity contribution >= 4 is 0 Å². The maximum absolute atomic E-state index is 6.49. The molecule has 2 heteroatoms. The van der Waals surface area contributed by atoms with Gasteiger partial charge in [-0.1, -0.05) is 51.9 Å². The summed E-state index contributed by atoms with van der Waals surface area (Å²) in [6, 6.07) is 0.377. The molecule has 0 radical (unpaired) electrons. The quantitative estimate of drug-likeness (QED) is 0.657. The highest BCUT2D eigenvalue weighted by atomic mass is 15.2. The molecule has 1 atom stereocenters. The van der Waals surface area contributed by atoms with Gasteiger partial charge in [0.1, 0.15) is 0 Å². The van der Waals surface area contributed by atoms with Crippen LogP contribution in [-0.2, 0) is 0 Å². The Kier molecular flexibility index (Phi) is 6.50. The number of hydrogen-bond donors (Lipinski definition) is 1. The third-order valence-corrected chi connectivity index (χ3v) is 4.67. The van der Waals surface area contributed by atoms with Gasteiger partial charge in [0.25, 0.3) is 0 Å². The molecular formula is C15H32N2. The molecule has 1 fully saturated rings. The van der Waals surface area contributed by atoms with E-state index in [2.05, 4.69) is 25.9 Å². The summed E-state index contributed by atoms with van der Waals surface area (Å²) in [5, 5.41) is 0. The van der Waals surface area contributed by atoms with Crippen LogP contribution in [0.1, 0.15) is 71.1 Å². The van der Waals surface area contributed by atoms with Crippen LogP contribution in [0, 0.1) is 0 Å². The first-order valence-electron chi connectivity index (χ1n) is 7.56. The largest absolute Gasteiger partial charge is 0.326 e. The smallest absolute Gasteiger partial charge is 0.0354 e. The molecule has 2 nitrogen and oxygen atoms in total. The van der Waals surface area contributed by atoms with Crippen LogP contribution in [0.15, 0.2) is 0 Å². The van der Waals surface area contributed by atoms with E-state index in [4.69, 9.17) is 5.73 Å². The second-order valence-electron chi connectivity index (χ2n) is 6.01. The average Bonchev–Trinajstić information content (AvgIpc) is 2.79. The van der Waals surface area contributed by atoms with E-state index in [0.717, 1.165) is 0 Å². The van der Waals surface area contributed by atoms with Crippen LogP contribution in [0.2, 0.25) is 0 Å². The second kappa shape index (κ2) is 7.38. The zero-order chi connectivity index (χ0) is 12.7. The molecule has 1 aliphatic carbocycles. The van der Waals surface area contributed by atoms with Gasteiger partial charge in [0.05, 0.1) is 0 Å². The first-order chi connectivity index (χ1) is 8.13. The summed E-state index contributed by atoms with van der Waals surface area (Å²) in [6.07, 6.45) is 13.3. The fourth-order valence-electron chi connectivity index (χ4n) is 3.37. The summed E-state index contributed by atoms with van der Waals surface area (Å²) in [5.41, 5.74) is 6.80. The molecule has 2 N–H and O–H groups in total. The molecule has 0 saturated heterocycles. The molecule has 1 unspecified atom stereocenters. The van der Waals surface area contributed by atoms with Crippen molar-refractivity contribution in [1.29, 1.82) is 0 Å². The Morgan fingerprint density at radius 1 is 1.06 bits per heavy atom. The van der Waals surface area contributed by atoms with Gasteiger partial charge in [-0.15, -0.1) is 0 Å². The lowest BCUT2D eigenvalue weighted by Gasteiger charge is -2.41. The van der Waals surface area contributed by atoms with Crippen molar-refractivity contribution in [1.82, 2.24) is 4.90 Å². The van der Waals surface area contributed by atoms with Crippen molar-refractivity contribution in [2.24, 2.45) is 5.73 Å². The highest BCUT2D eigenvalue weighted by Crippen LogP contribution is 2.37. The Labute approximate surface area is 108 Å². The summed E-state index contributed by atoms with van der Waals surface area (Å²) in [5.74, 6) is 0. The Morgan fingerprint density at radius 2 is 1.65 bits per heavy atom. The van der Waals surface area contributed by atoms with E-state index in [1.807, 2.05) is 0 Å². The third kappa shape index (κ3) is 3.96. The highest BCUT2D eigenvalue weighted by Gasteiger charge is 2.40. The molecule has 0 amide bonds. The topological polar surface area (TPSA) is 29.3 Å². The van der Waals surface area contributed by atoms with Gasteiger partial charge in [-0.2, -0.15) is 0 Å². The SMILES string of the molecule is CCCCCCCC(N)C1(N(C)C)CCCC1. The number of rotatable bonds is 8. The maximum Gasteiger partial charge on any atom is 0.0354 e. The molecule has 0 aromatic carbocycles. The molecule has 0 aromatic heterocycles. The van der Waals surface area contributed by atoms with Gasteiger partial charge in [-0.25, -0.2) is 0 Å². The van der Waals surface area contributed by atoms with Gasteiger partial charge >= 0.3 is 0 Å². The maximum atomic E-state index is 6.49. The van der Waals surface area contributed by atoms with Gasteiger partial charge in [0.15, 0.2) is 0 Å². The fourth-order valence-corrected chi connectivity index (χ4v) is 3.37. The van der Waals surface area contributed by atoms with E-state index in [1.165, 1.54) is 64.2 Å². The molecule has 0 heterocycles. The number of nitrogens with zero attached hydrogens (tertiary/aromatic N) is 1. The Morgan fingerprint density at radius 3 is 2.18 bits per heavy atom. The van der Waals surface area contributed by atoms with Crippen LogP contribution in [0.5, 0.6) is 0 Å². The van der Waals surface area contributed by atoms with Crippen LogP contribution in [0.3, 0.4) is 0 Å². The Bertz CT molecular complexity index is 195. The first kappa shape index (κ1) is 15.0. The lowest BCUT2D eigenvalue weighted by atomic mass is 9.84. The van der Waals surface area contributed by atoms with Gasteiger partial charge in [0, 0.05) is 11.6 Å². The van der Waals surface area contributed by atoms with Crippen LogP contribution < -0.4 is 5.73 Å². The van der Waals surface area contributed by atoms with Gasteiger partial charge in [-0.3, -0.25) is 0 Å². The normalized spacial score (nSPS) is 21.0. The van der Waals surface area contributed by atoms with E-state index in [-0.39, 0.29) is 0 Å². The molecule has 0 aliphatic heterocycles. The minimum atomic E-state index is 0.310. The van der Waals surface area contributed by atoms with Crippen LogP contribution in [0.4, 0.5) is 0 Å². The summed E-state index contributed by atoms with van der Waals surface area (Å²) < 4.78 is 0. The predicted octanol–water partition coefficient (Wildman–Crippen LogP) is 3.55. The van der Waals surface area contributed by atoms with Gasteiger partial charge < -0.3 is 10.6 Å². The lowest BCUT2D eigenvalue weighted by Crippen LogP contribution is -2.55. The molecule has 1 saturated carbocycles. The van der Waals surface area contributed by atoms with Crippen molar-refractivity contribution in [3.63, 3.8) is 0 Å². The van der Waals surface area contributed by atoms with E-state index in [1.54, 1.807) is 0 Å². The molecule has 1 aliphatic rings. The van der Waals surface area contributed by atoms with Crippen LogP contribution in [0.25, 0.3) is 0 Å². The third-order valence-electron chi connectivity index (χ3n) is 4.67. The number of likely N-dealkylation sites (N-methyl/N-ethyl adjacent to an activating group) is 1. The standard InChI is InChI=1S/C15H32N2/c1-4-5-6-7-8-11-14(16)15(17(2)3)12-9-10-13-15/h14H,4-13,16H2,1-3H3. The van der Waals surface area contributed by atoms with E-state index in [9.17, 15) is 0 Å². The molecule has 0 bridgehead atoms. The predicted molar refractivity (Wildman–Crippen MR) is 76.2 cm³/mol. The van der Waals surface area contributed by atoms with Crippen LogP contribution in [-0.4, -0.2) is 30.6 Å². The lowest BCUT2D eigenvalue weighted by molar-refractivity contribution is 0.117. The number of unbranched alkanes of at least 4 members (excludes halogenated alkanes) is 4. The monoisotopic (exact) mass is 240 g/mol. The van der Waals surface area contributed by atoms with Crippen molar-refractivity contribution < 1.29 is 0 Å². The molecular weight excluding hydrogens is 208 g/mol. The molecule has 0 spiro atoms. The summed E-state index contributed by atoms with van der Waals surface area (Å²) in [6.45, 7) is 2.27. The summed E-state index contributed by atoms with van der Waals surface area (Å²) in [4.78, 5) is 2.40. The zero-order valence-corrected chi connectivity index (χ0v) is 12.2. The average molecular weight is 240 g/mol. The van der Waals surface area contributed by atoms with Gasteiger partial charge in [0.2, 0.25) is 0 Å².